The Kier molecular flexibility index (Phi) is 4.42. The maximum atomic E-state index is 9.44. The minimum atomic E-state index is 0.260. The number of hydrogen-bond donors (Lipinski definition) is 1. The summed E-state index contributed by atoms with van der Waals surface area (Å²) in [5.41, 5.74) is 1.15. The van der Waals surface area contributed by atoms with E-state index in [9.17, 15) is 5.11 Å². The average Bonchev–Trinajstić information content (AvgIpc) is 2.28. The normalized spacial score (nSPS) is 26.0. The summed E-state index contributed by atoms with van der Waals surface area (Å²) in [5.74, 6) is 0.334. The second kappa shape index (κ2) is 5.85. The number of alkyl halides is 1. The smallest absolute Gasteiger partial charge is 0.115 e. The van der Waals surface area contributed by atoms with Crippen LogP contribution in [-0.4, -0.2) is 40.6 Å². The van der Waals surface area contributed by atoms with E-state index in [-0.39, 0.29) is 12.2 Å². The summed E-state index contributed by atoms with van der Waals surface area (Å²) in [4.78, 5) is 2.37. The first-order valence-corrected chi connectivity index (χ1v) is 7.01. The zero-order valence-electron chi connectivity index (χ0n) is 9.97. The number of phenols is 1. The first-order valence-electron chi connectivity index (χ1n) is 5.89. The summed E-state index contributed by atoms with van der Waals surface area (Å²) >= 11 is 3.47. The van der Waals surface area contributed by atoms with Crippen molar-refractivity contribution >= 4 is 15.9 Å². The number of benzene rings is 1. The van der Waals surface area contributed by atoms with Crippen molar-refractivity contribution in [3.8, 4) is 5.75 Å². The third-order valence-corrected chi connectivity index (χ3v) is 3.61. The zero-order chi connectivity index (χ0) is 12.3. The van der Waals surface area contributed by atoms with Gasteiger partial charge in [-0.3, -0.25) is 4.90 Å². The molecule has 1 N–H and O–H groups in total. The summed E-state index contributed by atoms with van der Waals surface area (Å²) in [5, 5.41) is 10.3. The van der Waals surface area contributed by atoms with Gasteiger partial charge in [0.05, 0.1) is 12.2 Å². The van der Waals surface area contributed by atoms with Gasteiger partial charge in [0.15, 0.2) is 0 Å². The molecule has 2 rings (SSSR count). The van der Waals surface area contributed by atoms with E-state index >= 15 is 0 Å². The predicted molar refractivity (Wildman–Crippen MR) is 71.5 cm³/mol. The number of aromatic hydroxyl groups is 1. The van der Waals surface area contributed by atoms with Crippen molar-refractivity contribution in [1.82, 2.24) is 4.90 Å². The van der Waals surface area contributed by atoms with E-state index in [0.29, 0.717) is 5.75 Å². The molecule has 0 spiro atoms. The van der Waals surface area contributed by atoms with Gasteiger partial charge in [-0.15, -0.1) is 0 Å². The molecule has 1 fully saturated rings. The lowest BCUT2D eigenvalue weighted by Crippen LogP contribution is -2.46. The molecule has 1 aliphatic rings. The van der Waals surface area contributed by atoms with Gasteiger partial charge in [-0.25, -0.2) is 0 Å². The highest BCUT2D eigenvalue weighted by Gasteiger charge is 2.24. The first kappa shape index (κ1) is 12.9. The van der Waals surface area contributed by atoms with Gasteiger partial charge in [-0.1, -0.05) is 28.1 Å². The van der Waals surface area contributed by atoms with Gasteiger partial charge in [-0.2, -0.15) is 0 Å². The van der Waals surface area contributed by atoms with Crippen LogP contribution in [0.1, 0.15) is 12.5 Å². The topological polar surface area (TPSA) is 32.7 Å². The highest BCUT2D eigenvalue weighted by molar-refractivity contribution is 9.09. The van der Waals surface area contributed by atoms with E-state index in [1.807, 2.05) is 18.2 Å². The Balaban J connectivity index is 1.98. The van der Waals surface area contributed by atoms with Gasteiger partial charge in [0.2, 0.25) is 0 Å². The van der Waals surface area contributed by atoms with E-state index in [0.717, 1.165) is 30.5 Å². The summed E-state index contributed by atoms with van der Waals surface area (Å²) in [6.45, 7) is 4.85. The van der Waals surface area contributed by atoms with Crippen LogP contribution in [0.5, 0.6) is 5.75 Å². The zero-order valence-corrected chi connectivity index (χ0v) is 11.6. The molecule has 1 heterocycles. The highest BCUT2D eigenvalue weighted by Crippen LogP contribution is 2.17. The second-order valence-corrected chi connectivity index (χ2v) is 5.23. The average molecular weight is 300 g/mol. The van der Waals surface area contributed by atoms with Crippen LogP contribution >= 0.6 is 15.9 Å². The molecule has 1 saturated heterocycles. The van der Waals surface area contributed by atoms with Crippen LogP contribution in [0.25, 0.3) is 0 Å². The van der Waals surface area contributed by atoms with Gasteiger partial charge in [-0.05, 0) is 24.6 Å². The summed E-state index contributed by atoms with van der Waals surface area (Å²) < 4.78 is 5.79. The van der Waals surface area contributed by atoms with E-state index in [2.05, 4.69) is 27.8 Å². The number of hydrogen-bond acceptors (Lipinski definition) is 3. The molecular weight excluding hydrogens is 282 g/mol. The number of rotatable bonds is 3. The quantitative estimate of drug-likeness (QED) is 0.870. The molecule has 4 heteroatoms. The molecule has 0 aliphatic carbocycles. The molecule has 3 nitrogen and oxygen atoms in total. The minimum Gasteiger partial charge on any atom is -0.508 e. The van der Waals surface area contributed by atoms with Crippen LogP contribution in [0.15, 0.2) is 24.3 Å². The monoisotopic (exact) mass is 299 g/mol. The van der Waals surface area contributed by atoms with E-state index in [4.69, 9.17) is 4.74 Å². The van der Waals surface area contributed by atoms with E-state index in [1.165, 1.54) is 0 Å². The lowest BCUT2D eigenvalue weighted by molar-refractivity contribution is -0.0678. The predicted octanol–water partition coefficient (Wildman–Crippen LogP) is 2.38. The van der Waals surface area contributed by atoms with Crippen molar-refractivity contribution < 1.29 is 9.84 Å². The van der Waals surface area contributed by atoms with Crippen molar-refractivity contribution in [3.05, 3.63) is 29.8 Å². The Bertz CT molecular complexity index is 372. The minimum absolute atomic E-state index is 0.260. The fourth-order valence-electron chi connectivity index (χ4n) is 2.27. The number of halogens is 1. The van der Waals surface area contributed by atoms with Crippen molar-refractivity contribution in [1.29, 1.82) is 0 Å². The van der Waals surface area contributed by atoms with Crippen LogP contribution in [0.4, 0.5) is 0 Å². The first-order chi connectivity index (χ1) is 8.17. The molecule has 94 valence electrons. The van der Waals surface area contributed by atoms with Gasteiger partial charge in [0, 0.05) is 25.0 Å². The Labute approximate surface area is 111 Å². The fraction of sp³-hybridized carbons (Fsp3) is 0.538. The van der Waals surface area contributed by atoms with Gasteiger partial charge in [0.1, 0.15) is 5.75 Å². The number of morpholine rings is 1. The number of ether oxygens (including phenoxy) is 1. The van der Waals surface area contributed by atoms with Crippen molar-refractivity contribution in [2.75, 3.05) is 18.4 Å². The summed E-state index contributed by atoms with van der Waals surface area (Å²) in [7, 11) is 0. The van der Waals surface area contributed by atoms with E-state index in [1.54, 1.807) is 6.07 Å². The lowest BCUT2D eigenvalue weighted by atomic mass is 10.1. The maximum absolute atomic E-state index is 9.44. The van der Waals surface area contributed by atoms with Gasteiger partial charge >= 0.3 is 0 Å². The molecular formula is C13H18BrNO2. The summed E-state index contributed by atoms with van der Waals surface area (Å²) in [6.07, 6.45) is 0.527. The molecule has 17 heavy (non-hydrogen) atoms. The largest absolute Gasteiger partial charge is 0.508 e. The van der Waals surface area contributed by atoms with Crippen molar-refractivity contribution in [2.24, 2.45) is 0 Å². The molecule has 0 amide bonds. The molecule has 1 aliphatic heterocycles. The van der Waals surface area contributed by atoms with Gasteiger partial charge in [0.25, 0.3) is 0 Å². The molecule has 0 bridgehead atoms. The molecule has 0 aromatic heterocycles. The third-order valence-electron chi connectivity index (χ3n) is 2.89. The second-order valence-electron chi connectivity index (χ2n) is 4.59. The SMILES string of the molecule is CC1CN(Cc2cccc(O)c2)CC(CBr)O1. The van der Waals surface area contributed by atoms with Crippen LogP contribution in [-0.2, 0) is 11.3 Å². The molecule has 0 saturated carbocycles. The molecule has 2 unspecified atom stereocenters. The Morgan fingerprint density at radius 3 is 3.00 bits per heavy atom. The van der Waals surface area contributed by atoms with Crippen LogP contribution in [0.2, 0.25) is 0 Å². The van der Waals surface area contributed by atoms with Crippen LogP contribution in [0, 0.1) is 0 Å². The third kappa shape index (κ3) is 3.69. The standard InChI is InChI=1S/C13H18BrNO2/c1-10-7-15(9-13(6-14)17-10)8-11-3-2-4-12(16)5-11/h2-5,10,13,16H,6-9H2,1H3. The Hall–Kier alpha value is -0.580. The lowest BCUT2D eigenvalue weighted by Gasteiger charge is -2.36. The molecule has 1 aromatic rings. The van der Waals surface area contributed by atoms with Crippen molar-refractivity contribution in [2.45, 2.75) is 25.7 Å². The molecule has 2 atom stereocenters. The van der Waals surface area contributed by atoms with E-state index < -0.39 is 0 Å². The molecule has 1 aromatic carbocycles. The Morgan fingerprint density at radius 2 is 2.29 bits per heavy atom. The molecule has 0 radical (unpaired) electrons. The number of phenolic OH excluding ortho intramolecular Hbond substituents is 1. The highest BCUT2D eigenvalue weighted by atomic mass is 79.9. The van der Waals surface area contributed by atoms with Gasteiger partial charge < -0.3 is 9.84 Å². The fourth-order valence-corrected chi connectivity index (χ4v) is 2.63. The maximum Gasteiger partial charge on any atom is 0.115 e. The Morgan fingerprint density at radius 1 is 1.47 bits per heavy atom. The number of nitrogens with zero attached hydrogens (tertiary/aromatic N) is 1. The summed E-state index contributed by atoms with van der Waals surface area (Å²) in [6, 6.07) is 7.45. The van der Waals surface area contributed by atoms with Crippen LogP contribution in [0.3, 0.4) is 0 Å². The van der Waals surface area contributed by atoms with Crippen LogP contribution < -0.4 is 0 Å². The van der Waals surface area contributed by atoms with Crippen molar-refractivity contribution in [3.63, 3.8) is 0 Å².